The van der Waals surface area contributed by atoms with Gasteiger partial charge in [0.25, 0.3) is 0 Å². The molecule has 41 heavy (non-hydrogen) atoms. The molecule has 2 aromatic heterocycles. The number of rotatable bonds is 10. The van der Waals surface area contributed by atoms with Crippen molar-refractivity contribution in [3.05, 3.63) is 60.0 Å². The number of benzene rings is 1. The Labute approximate surface area is 236 Å². The van der Waals surface area contributed by atoms with E-state index in [1.165, 1.54) is 31.0 Å². The van der Waals surface area contributed by atoms with E-state index in [1.54, 1.807) is 38.1 Å². The van der Waals surface area contributed by atoms with Crippen molar-refractivity contribution in [1.29, 1.82) is 0 Å². The Balaban J connectivity index is 1.69. The Morgan fingerprint density at radius 1 is 1.24 bits per heavy atom. The number of aromatic nitrogens is 3. The number of fused-ring (bicyclic) bond motifs is 1. The molecule has 13 heteroatoms. The minimum absolute atomic E-state index is 0.0204. The predicted molar refractivity (Wildman–Crippen MR) is 148 cm³/mol. The van der Waals surface area contributed by atoms with E-state index < -0.39 is 41.9 Å². The number of aliphatic hydroxyl groups excluding tert-OH is 1. The van der Waals surface area contributed by atoms with Crippen LogP contribution in [-0.4, -0.2) is 81.8 Å². The maximum absolute atomic E-state index is 12.9. The monoisotopic (exact) mass is 566 g/mol. The van der Waals surface area contributed by atoms with Gasteiger partial charge < -0.3 is 30.4 Å². The number of anilines is 1. The van der Waals surface area contributed by atoms with Crippen LogP contribution in [0.2, 0.25) is 0 Å². The molecule has 1 aliphatic rings. The lowest BCUT2D eigenvalue weighted by molar-refractivity contribution is -0.162. The first-order valence-electron chi connectivity index (χ1n) is 13.1. The van der Waals surface area contributed by atoms with Crippen LogP contribution >= 0.6 is 0 Å². The van der Waals surface area contributed by atoms with Crippen LogP contribution in [0.5, 0.6) is 0 Å². The lowest BCUT2D eigenvalue weighted by Crippen LogP contribution is -2.47. The number of hydrogen-bond acceptors (Lipinski definition) is 11. The summed E-state index contributed by atoms with van der Waals surface area (Å²) in [4.78, 5) is 45.5. The molecule has 1 aromatic carbocycles. The van der Waals surface area contributed by atoms with Gasteiger partial charge in [-0.15, -0.1) is 0 Å². The highest BCUT2D eigenvalue weighted by Gasteiger charge is 2.58. The van der Waals surface area contributed by atoms with E-state index in [-0.39, 0.29) is 30.7 Å². The van der Waals surface area contributed by atoms with Gasteiger partial charge in [0.15, 0.2) is 17.5 Å². The molecule has 0 unspecified atom stereocenters. The molecule has 0 spiro atoms. The minimum Gasteiger partial charge on any atom is -0.463 e. The van der Waals surface area contributed by atoms with Gasteiger partial charge in [0.1, 0.15) is 36.7 Å². The van der Waals surface area contributed by atoms with E-state index in [0.29, 0.717) is 11.2 Å². The maximum Gasteiger partial charge on any atom is 0.323 e. The Kier molecular flexibility index (Phi) is 9.11. The van der Waals surface area contributed by atoms with Gasteiger partial charge in [-0.25, -0.2) is 9.50 Å². The molecule has 3 heterocycles. The summed E-state index contributed by atoms with van der Waals surface area (Å²) in [5.74, 6) is -1.59. The van der Waals surface area contributed by atoms with Gasteiger partial charge in [-0.2, -0.15) is 5.10 Å². The van der Waals surface area contributed by atoms with E-state index in [0.717, 1.165) is 5.56 Å². The normalized spacial score (nSPS) is 23.1. The molecule has 1 aliphatic heterocycles. The smallest absolute Gasteiger partial charge is 0.323 e. The summed E-state index contributed by atoms with van der Waals surface area (Å²) < 4.78 is 19.0. The third-order valence-corrected chi connectivity index (χ3v) is 6.77. The van der Waals surface area contributed by atoms with Crippen LogP contribution in [0.25, 0.3) is 5.52 Å². The molecule has 13 nitrogen and oxygen atoms in total. The van der Waals surface area contributed by atoms with Crippen molar-refractivity contribution < 1.29 is 33.7 Å². The number of nitrogens with zero attached hydrogens (tertiary/aromatic N) is 4. The number of esters is 2. The highest BCUT2D eigenvalue weighted by molar-refractivity contribution is 5.92. The fraction of sp³-hybridized carbons (Fsp3) is 0.429. The number of nitrogens with two attached hydrogens (primary N) is 1. The van der Waals surface area contributed by atoms with Crippen LogP contribution in [0.3, 0.4) is 0 Å². The van der Waals surface area contributed by atoms with Crippen LogP contribution in [0.1, 0.15) is 32.0 Å². The number of nitrogens with one attached hydrogen (secondary N) is 1. The van der Waals surface area contributed by atoms with Crippen LogP contribution in [0, 0.1) is 5.92 Å². The highest BCUT2D eigenvalue weighted by Crippen LogP contribution is 2.41. The average molecular weight is 567 g/mol. The summed E-state index contributed by atoms with van der Waals surface area (Å²) in [7, 11) is 1.49. The molecule has 3 aromatic rings. The Hall–Kier alpha value is -4.20. The number of carbonyl (C=O) groups is 3. The average Bonchev–Trinajstić information content (AvgIpc) is 3.48. The summed E-state index contributed by atoms with van der Waals surface area (Å²) >= 11 is 0. The van der Waals surface area contributed by atoms with Gasteiger partial charge in [0.05, 0.1) is 12.1 Å². The number of carbonyl (C=O) groups excluding carboxylic acids is 3. The van der Waals surface area contributed by atoms with E-state index in [4.69, 9.17) is 19.9 Å². The molecule has 1 fully saturated rings. The van der Waals surface area contributed by atoms with Crippen molar-refractivity contribution in [2.75, 3.05) is 19.0 Å². The summed E-state index contributed by atoms with van der Waals surface area (Å²) in [6.07, 6.45) is -1.25. The molecule has 218 valence electrons. The van der Waals surface area contributed by atoms with Gasteiger partial charge in [0, 0.05) is 20.2 Å². The molecule has 0 bridgehead atoms. The van der Waals surface area contributed by atoms with Gasteiger partial charge >= 0.3 is 11.9 Å². The third-order valence-electron chi connectivity index (χ3n) is 6.77. The second-order valence-corrected chi connectivity index (χ2v) is 10.1. The number of aliphatic imine (C=N–C) groups is 1. The zero-order valence-corrected chi connectivity index (χ0v) is 23.3. The van der Waals surface area contributed by atoms with E-state index in [9.17, 15) is 19.5 Å². The largest absolute Gasteiger partial charge is 0.463 e. The van der Waals surface area contributed by atoms with E-state index in [1.807, 2.05) is 18.2 Å². The third kappa shape index (κ3) is 6.26. The summed E-state index contributed by atoms with van der Waals surface area (Å²) in [5.41, 5.74) is 5.83. The SMILES string of the molecule is CN=C[C@@]1(c2ccc3c(NC(C)=O)ncnn23)O[C@H](COC(=O)Cc2ccccc2)[C@@H](OC(=O)[C@@H](N)C(C)C)[C@H]1O. The fourth-order valence-electron chi connectivity index (χ4n) is 4.65. The van der Waals surface area contributed by atoms with Crippen LogP contribution in [-0.2, 0) is 40.6 Å². The van der Waals surface area contributed by atoms with Crippen molar-refractivity contribution in [2.45, 2.75) is 57.1 Å². The lowest BCUT2D eigenvalue weighted by Gasteiger charge is -2.28. The molecular formula is C28H34N6O7. The molecule has 0 aliphatic carbocycles. The summed E-state index contributed by atoms with van der Waals surface area (Å²) in [6, 6.07) is 11.4. The Morgan fingerprint density at radius 3 is 2.63 bits per heavy atom. The number of hydrogen-bond donors (Lipinski definition) is 3. The van der Waals surface area contributed by atoms with Crippen LogP contribution in [0.15, 0.2) is 53.8 Å². The Morgan fingerprint density at radius 2 is 1.98 bits per heavy atom. The molecule has 5 atom stereocenters. The van der Waals surface area contributed by atoms with Gasteiger partial charge in [-0.1, -0.05) is 44.2 Å². The fourth-order valence-corrected chi connectivity index (χ4v) is 4.65. The van der Waals surface area contributed by atoms with Gasteiger partial charge in [0.2, 0.25) is 5.91 Å². The second-order valence-electron chi connectivity index (χ2n) is 10.1. The van der Waals surface area contributed by atoms with Crippen LogP contribution < -0.4 is 11.1 Å². The summed E-state index contributed by atoms with van der Waals surface area (Å²) in [5, 5.41) is 18.6. The number of amides is 1. The topological polar surface area (TPSA) is 180 Å². The quantitative estimate of drug-likeness (QED) is 0.237. The number of ether oxygens (including phenoxy) is 3. The standard InChI is InChI=1S/C28H34N6O7/c1-16(2)23(29)27(38)40-24-20(13-39-22(36)12-18-8-6-5-7-9-18)41-28(14-30-4,25(24)37)21-11-10-19-26(33-17(3)35)31-15-32-34(19)21/h5-11,14-16,20,23-25,37H,12-13,29H2,1-4H3,(H,31,32,33,35)/t20-,23+,24-,25-,28+/m1/s1. The molecule has 1 saturated heterocycles. The summed E-state index contributed by atoms with van der Waals surface area (Å²) in [6.45, 7) is 4.56. The first-order valence-corrected chi connectivity index (χ1v) is 13.1. The van der Waals surface area contributed by atoms with E-state index in [2.05, 4.69) is 20.4 Å². The Bertz CT molecular complexity index is 1430. The van der Waals surface area contributed by atoms with Crippen molar-refractivity contribution in [2.24, 2.45) is 16.6 Å². The molecule has 4 rings (SSSR count). The van der Waals surface area contributed by atoms with Crippen molar-refractivity contribution in [1.82, 2.24) is 14.6 Å². The highest BCUT2D eigenvalue weighted by atomic mass is 16.6. The number of aliphatic hydroxyl groups is 1. The first kappa shape index (κ1) is 29.8. The molecule has 1 amide bonds. The van der Waals surface area contributed by atoms with Crippen molar-refractivity contribution in [3.8, 4) is 0 Å². The lowest BCUT2D eigenvalue weighted by atomic mass is 9.92. The van der Waals surface area contributed by atoms with E-state index >= 15 is 0 Å². The molecular weight excluding hydrogens is 532 g/mol. The predicted octanol–water partition coefficient (Wildman–Crippen LogP) is 1.02. The van der Waals surface area contributed by atoms with Gasteiger partial charge in [-0.05, 0) is 23.6 Å². The molecule has 4 N–H and O–H groups in total. The van der Waals surface area contributed by atoms with Gasteiger partial charge in [-0.3, -0.25) is 19.4 Å². The minimum atomic E-state index is -1.69. The molecule has 0 saturated carbocycles. The second kappa shape index (κ2) is 12.5. The van der Waals surface area contributed by atoms with Crippen molar-refractivity contribution >= 4 is 35.4 Å². The zero-order valence-electron chi connectivity index (χ0n) is 23.3. The first-order chi connectivity index (χ1) is 19.6. The molecule has 0 radical (unpaired) electrons. The van der Waals surface area contributed by atoms with Crippen molar-refractivity contribution in [3.63, 3.8) is 0 Å². The van der Waals surface area contributed by atoms with Crippen LogP contribution in [0.4, 0.5) is 5.82 Å². The zero-order chi connectivity index (χ0) is 29.7. The maximum atomic E-state index is 12.9.